The minimum atomic E-state index is -4.90. The minimum absolute atomic E-state index is 0.406. The maximum absolute atomic E-state index is 11.7. The van der Waals surface area contributed by atoms with Crippen LogP contribution >= 0.6 is 0 Å². The molecule has 0 saturated carbocycles. The third-order valence-corrected chi connectivity index (χ3v) is 1.41. The number of rotatable bonds is 0. The normalized spacial score (nSPS) is 16.0. The Labute approximate surface area is 64.9 Å². The van der Waals surface area contributed by atoms with E-state index in [1.54, 1.807) is 0 Å². The van der Waals surface area contributed by atoms with Gasteiger partial charge in [0.1, 0.15) is 0 Å². The molecule has 0 spiro atoms. The lowest BCUT2D eigenvalue weighted by molar-refractivity contribution is -0.114. The Hall–Kier alpha value is -0.680. The molecular formula is C6H6F6. The van der Waals surface area contributed by atoms with E-state index in [0.29, 0.717) is 13.8 Å². The summed E-state index contributed by atoms with van der Waals surface area (Å²) in [5, 5.41) is 0. The van der Waals surface area contributed by atoms with E-state index in [0.717, 1.165) is 0 Å². The first-order valence-corrected chi connectivity index (χ1v) is 2.88. The van der Waals surface area contributed by atoms with Crippen molar-refractivity contribution in [3.8, 4) is 0 Å². The van der Waals surface area contributed by atoms with Gasteiger partial charge in [-0.25, -0.2) is 0 Å². The van der Waals surface area contributed by atoms with Gasteiger partial charge in [0.25, 0.3) is 0 Å². The van der Waals surface area contributed by atoms with Crippen molar-refractivity contribution in [3.05, 3.63) is 11.1 Å². The predicted octanol–water partition coefficient (Wildman–Crippen LogP) is 3.45. The molecular weight excluding hydrogens is 186 g/mol. The average Bonchev–Trinajstić information content (AvgIpc) is 1.80. The predicted molar refractivity (Wildman–Crippen MR) is 30.5 cm³/mol. The average molecular weight is 192 g/mol. The first kappa shape index (κ1) is 11.3. The summed E-state index contributed by atoms with van der Waals surface area (Å²) in [5.74, 6) is 0. The van der Waals surface area contributed by atoms with E-state index in [2.05, 4.69) is 0 Å². The van der Waals surface area contributed by atoms with Crippen LogP contribution in [0, 0.1) is 0 Å². The van der Waals surface area contributed by atoms with Gasteiger partial charge in [-0.1, -0.05) is 0 Å². The van der Waals surface area contributed by atoms with E-state index in [1.807, 2.05) is 0 Å². The molecule has 0 atom stereocenters. The van der Waals surface area contributed by atoms with Gasteiger partial charge in [-0.3, -0.25) is 0 Å². The summed E-state index contributed by atoms with van der Waals surface area (Å²) in [5.41, 5.74) is -3.20. The second-order valence-electron chi connectivity index (χ2n) is 2.25. The lowest BCUT2D eigenvalue weighted by Crippen LogP contribution is -2.18. The van der Waals surface area contributed by atoms with E-state index in [1.165, 1.54) is 0 Å². The molecule has 0 aromatic carbocycles. The highest BCUT2D eigenvalue weighted by molar-refractivity contribution is 5.18. The van der Waals surface area contributed by atoms with E-state index in [4.69, 9.17) is 0 Å². The van der Waals surface area contributed by atoms with E-state index >= 15 is 0 Å². The lowest BCUT2D eigenvalue weighted by Gasteiger charge is -2.13. The van der Waals surface area contributed by atoms with E-state index in [9.17, 15) is 26.3 Å². The highest BCUT2D eigenvalue weighted by atomic mass is 19.4. The van der Waals surface area contributed by atoms with Crippen LogP contribution in [-0.4, -0.2) is 12.4 Å². The van der Waals surface area contributed by atoms with Gasteiger partial charge in [0.2, 0.25) is 0 Å². The van der Waals surface area contributed by atoms with Crippen LogP contribution < -0.4 is 0 Å². The van der Waals surface area contributed by atoms with E-state index in [-0.39, 0.29) is 0 Å². The number of hydrogen-bond donors (Lipinski definition) is 0. The Bertz CT molecular complexity index is 171. The van der Waals surface area contributed by atoms with Crippen LogP contribution in [0.1, 0.15) is 13.8 Å². The molecule has 72 valence electrons. The second kappa shape index (κ2) is 2.99. The van der Waals surface area contributed by atoms with Crippen molar-refractivity contribution in [3.63, 3.8) is 0 Å². The Morgan fingerprint density at radius 3 is 0.917 bits per heavy atom. The highest BCUT2D eigenvalue weighted by Gasteiger charge is 2.40. The smallest absolute Gasteiger partial charge is 0.166 e. The summed E-state index contributed by atoms with van der Waals surface area (Å²) >= 11 is 0. The molecule has 0 fully saturated rings. The van der Waals surface area contributed by atoms with Crippen molar-refractivity contribution in [2.75, 3.05) is 0 Å². The molecule has 0 aliphatic rings. The molecule has 0 saturated heterocycles. The topological polar surface area (TPSA) is 0 Å². The molecule has 0 aromatic heterocycles. The molecule has 0 unspecified atom stereocenters. The maximum Gasteiger partial charge on any atom is 0.412 e. The molecule has 0 N–H and O–H groups in total. The Kier molecular flexibility index (Phi) is 2.82. The molecule has 0 radical (unpaired) electrons. The number of hydrogen-bond acceptors (Lipinski definition) is 0. The molecule has 0 aromatic rings. The Morgan fingerprint density at radius 2 is 0.833 bits per heavy atom. The fourth-order valence-corrected chi connectivity index (χ4v) is 0.425. The van der Waals surface area contributed by atoms with Crippen molar-refractivity contribution in [1.82, 2.24) is 0 Å². The van der Waals surface area contributed by atoms with E-state index < -0.39 is 23.5 Å². The van der Waals surface area contributed by atoms with Crippen molar-refractivity contribution >= 4 is 0 Å². The standard InChI is InChI=1S/C6H6F6/c1-3(5(7,8)9)4(2)6(10,11)12/h1-2H3/b4-3-. The van der Waals surface area contributed by atoms with Crippen molar-refractivity contribution in [2.24, 2.45) is 0 Å². The van der Waals surface area contributed by atoms with Gasteiger partial charge >= 0.3 is 12.4 Å². The van der Waals surface area contributed by atoms with Gasteiger partial charge < -0.3 is 0 Å². The molecule has 0 amide bonds. The van der Waals surface area contributed by atoms with Crippen LogP contribution in [0.4, 0.5) is 26.3 Å². The fourth-order valence-electron chi connectivity index (χ4n) is 0.425. The van der Waals surface area contributed by atoms with Crippen LogP contribution in [0.5, 0.6) is 0 Å². The summed E-state index contributed by atoms with van der Waals surface area (Å²) in [6.07, 6.45) is -9.81. The summed E-state index contributed by atoms with van der Waals surface area (Å²) in [6.45, 7) is 0.811. The summed E-state index contributed by atoms with van der Waals surface area (Å²) in [6, 6.07) is 0. The third kappa shape index (κ3) is 2.75. The number of alkyl halides is 6. The van der Waals surface area contributed by atoms with Crippen molar-refractivity contribution < 1.29 is 26.3 Å². The number of halogens is 6. The lowest BCUT2D eigenvalue weighted by atomic mass is 10.1. The second-order valence-corrected chi connectivity index (χ2v) is 2.25. The van der Waals surface area contributed by atoms with Crippen LogP contribution in [0.25, 0.3) is 0 Å². The molecule has 0 rings (SSSR count). The zero-order valence-electron chi connectivity index (χ0n) is 6.27. The van der Waals surface area contributed by atoms with Gasteiger partial charge in [0, 0.05) is 11.1 Å². The van der Waals surface area contributed by atoms with Gasteiger partial charge in [0.05, 0.1) is 0 Å². The number of allylic oxidation sites excluding steroid dienone is 2. The molecule has 6 heteroatoms. The molecule has 0 aliphatic heterocycles. The van der Waals surface area contributed by atoms with Gasteiger partial charge in [-0.2, -0.15) is 26.3 Å². The van der Waals surface area contributed by atoms with Crippen molar-refractivity contribution in [2.45, 2.75) is 26.2 Å². The first-order chi connectivity index (χ1) is 5.07. The maximum atomic E-state index is 11.7. The van der Waals surface area contributed by atoms with Gasteiger partial charge in [-0.05, 0) is 13.8 Å². The van der Waals surface area contributed by atoms with Crippen LogP contribution in [0.15, 0.2) is 11.1 Å². The summed E-state index contributed by atoms with van der Waals surface area (Å²) in [4.78, 5) is 0. The van der Waals surface area contributed by atoms with Gasteiger partial charge in [-0.15, -0.1) is 0 Å². The minimum Gasteiger partial charge on any atom is -0.166 e. The SMILES string of the molecule is C/C(=C(\C)C(F)(F)F)C(F)(F)F. The van der Waals surface area contributed by atoms with Gasteiger partial charge in [0.15, 0.2) is 0 Å². The fraction of sp³-hybridized carbons (Fsp3) is 0.667. The quantitative estimate of drug-likeness (QED) is 0.407. The Morgan fingerprint density at radius 1 is 0.667 bits per heavy atom. The monoisotopic (exact) mass is 192 g/mol. The van der Waals surface area contributed by atoms with Crippen LogP contribution in [-0.2, 0) is 0 Å². The molecule has 0 nitrogen and oxygen atoms in total. The Balaban J connectivity index is 4.96. The largest absolute Gasteiger partial charge is 0.412 e. The summed E-state index contributed by atoms with van der Waals surface area (Å²) in [7, 11) is 0. The zero-order valence-corrected chi connectivity index (χ0v) is 6.27. The highest BCUT2D eigenvalue weighted by Crippen LogP contribution is 2.35. The molecule has 0 bridgehead atoms. The van der Waals surface area contributed by atoms with Crippen molar-refractivity contribution in [1.29, 1.82) is 0 Å². The summed E-state index contributed by atoms with van der Waals surface area (Å²) < 4.78 is 70.0. The molecule has 12 heavy (non-hydrogen) atoms. The zero-order chi connectivity index (χ0) is 10.2. The molecule has 0 heterocycles. The first-order valence-electron chi connectivity index (χ1n) is 2.88. The molecule has 0 aliphatic carbocycles. The van der Waals surface area contributed by atoms with Crippen LogP contribution in [0.3, 0.4) is 0 Å². The third-order valence-electron chi connectivity index (χ3n) is 1.41. The van der Waals surface area contributed by atoms with Crippen LogP contribution in [0.2, 0.25) is 0 Å².